The normalized spacial score (nSPS) is 11.6. The van der Waals surface area contributed by atoms with Gasteiger partial charge in [0.15, 0.2) is 10.7 Å². The number of rotatable bonds is 7. The molecule has 0 atom stereocenters. The zero-order valence-corrected chi connectivity index (χ0v) is 25.4. The molecule has 218 valence electrons. The van der Waals surface area contributed by atoms with Crippen molar-refractivity contribution in [2.24, 2.45) is 0 Å². The van der Waals surface area contributed by atoms with Gasteiger partial charge in [0.1, 0.15) is 11.6 Å². The van der Waals surface area contributed by atoms with E-state index in [1.807, 2.05) is 72.8 Å². The number of amides is 2. The summed E-state index contributed by atoms with van der Waals surface area (Å²) in [6.45, 7) is 6.22. The molecule has 6 aromatic rings. The van der Waals surface area contributed by atoms with E-state index in [1.165, 1.54) is 17.5 Å². The van der Waals surface area contributed by atoms with Gasteiger partial charge in [-0.2, -0.15) is 5.10 Å². The predicted octanol–water partition coefficient (Wildman–Crippen LogP) is 7.53. The van der Waals surface area contributed by atoms with E-state index in [2.05, 4.69) is 36.4 Å². The van der Waals surface area contributed by atoms with Crippen LogP contribution in [0.3, 0.4) is 0 Å². The average molecular weight is 613 g/mol. The van der Waals surface area contributed by atoms with Crippen LogP contribution in [0.25, 0.3) is 20.9 Å². The quantitative estimate of drug-likeness (QED) is 0.170. The molecule has 10 nitrogen and oxygen atoms in total. The molecule has 0 aliphatic heterocycles. The Morgan fingerprint density at radius 2 is 1.67 bits per heavy atom. The molecule has 0 aliphatic carbocycles. The number of urea groups is 1. The van der Waals surface area contributed by atoms with Gasteiger partial charge in [0.05, 0.1) is 34.9 Å². The molecule has 0 fully saturated rings. The third kappa shape index (κ3) is 5.79. The first kappa shape index (κ1) is 28.3. The van der Waals surface area contributed by atoms with Crippen LogP contribution in [-0.2, 0) is 5.41 Å². The second-order valence-corrected chi connectivity index (χ2v) is 12.9. The summed E-state index contributed by atoms with van der Waals surface area (Å²) in [7, 11) is 1.62. The van der Waals surface area contributed by atoms with Gasteiger partial charge in [-0.15, -0.1) is 0 Å². The van der Waals surface area contributed by atoms with Crippen molar-refractivity contribution in [3.05, 3.63) is 90.4 Å². The minimum Gasteiger partial charge on any atom is -0.497 e. The number of anilines is 2. The number of carbonyl (C=O) groups excluding carboxylic acids is 1. The number of carbonyl (C=O) groups is 2. The highest BCUT2D eigenvalue weighted by molar-refractivity contribution is 7.99. The fourth-order valence-corrected chi connectivity index (χ4v) is 6.46. The number of aromatic carboxylic acids is 1. The highest BCUT2D eigenvalue weighted by Gasteiger charge is 2.22. The number of nitrogens with zero attached hydrogens (tertiary/aromatic N) is 4. The number of hydrogen-bond donors (Lipinski definition) is 3. The Labute approximate surface area is 255 Å². The van der Waals surface area contributed by atoms with Crippen molar-refractivity contribution in [1.82, 2.24) is 19.2 Å². The molecule has 0 spiro atoms. The van der Waals surface area contributed by atoms with E-state index in [-0.39, 0.29) is 17.1 Å². The Bertz CT molecular complexity index is 1970. The largest absolute Gasteiger partial charge is 0.497 e. The topological polar surface area (TPSA) is 123 Å². The first-order valence-electron chi connectivity index (χ1n) is 13.3. The Hall–Kier alpha value is -4.81. The molecule has 0 saturated heterocycles. The van der Waals surface area contributed by atoms with Crippen LogP contribution in [0.1, 0.15) is 37.0 Å². The average Bonchev–Trinajstić information content (AvgIpc) is 3.68. The number of imidazole rings is 1. The fourth-order valence-electron chi connectivity index (χ4n) is 4.49. The molecule has 2 amide bonds. The van der Waals surface area contributed by atoms with Crippen molar-refractivity contribution >= 4 is 61.8 Å². The van der Waals surface area contributed by atoms with Crippen LogP contribution in [0.4, 0.5) is 16.3 Å². The van der Waals surface area contributed by atoms with Crippen LogP contribution in [0.2, 0.25) is 0 Å². The molecule has 6 rings (SSSR count). The highest BCUT2D eigenvalue weighted by atomic mass is 32.2. The number of benzene rings is 3. The van der Waals surface area contributed by atoms with E-state index in [4.69, 9.17) is 9.84 Å². The predicted molar refractivity (Wildman–Crippen MR) is 170 cm³/mol. The lowest BCUT2D eigenvalue weighted by molar-refractivity contribution is 0.0690. The lowest BCUT2D eigenvalue weighted by atomic mass is 9.92. The number of nitrogens with one attached hydrogen (secondary N) is 2. The van der Waals surface area contributed by atoms with Crippen LogP contribution in [0.5, 0.6) is 5.75 Å². The molecule has 3 N–H and O–H groups in total. The minimum atomic E-state index is -1.01. The number of fused-ring (bicyclic) bond motifs is 3. The number of aromatic nitrogens is 4. The number of thiazole rings is 1. The van der Waals surface area contributed by atoms with E-state index in [0.717, 1.165) is 37.1 Å². The highest BCUT2D eigenvalue weighted by Crippen LogP contribution is 2.35. The van der Waals surface area contributed by atoms with Crippen molar-refractivity contribution in [2.75, 3.05) is 17.7 Å². The summed E-state index contributed by atoms with van der Waals surface area (Å²) in [6, 6.07) is 22.5. The van der Waals surface area contributed by atoms with Crippen LogP contribution in [0.15, 0.2) is 88.8 Å². The summed E-state index contributed by atoms with van der Waals surface area (Å²) in [5.74, 6) is 0.273. The Morgan fingerprint density at radius 1 is 0.953 bits per heavy atom. The standard InChI is InChI=1S/C31H28N6O4S2/c1-31(2,3)26-16-27(37(35-26)19-7-9-20(41-4)10-8-19)34-29(40)33-18-5-11-21(12-6-18)42-22-13-14-23-25(15-22)43-30-32-17-24(28(38)39)36(23)30/h5-17H,1-4H3,(H,38,39)(H2,33,34,40). The second kappa shape index (κ2) is 11.1. The van der Waals surface area contributed by atoms with Crippen molar-refractivity contribution in [2.45, 2.75) is 36.0 Å². The third-order valence-electron chi connectivity index (χ3n) is 6.71. The molecule has 3 aromatic heterocycles. The maximum atomic E-state index is 13.0. The van der Waals surface area contributed by atoms with Gasteiger partial charge in [0, 0.05) is 27.0 Å². The van der Waals surface area contributed by atoms with Crippen LogP contribution in [-0.4, -0.2) is 43.4 Å². The van der Waals surface area contributed by atoms with Gasteiger partial charge in [-0.1, -0.05) is 43.9 Å². The van der Waals surface area contributed by atoms with Crippen LogP contribution in [0, 0.1) is 0 Å². The zero-order chi connectivity index (χ0) is 30.3. The zero-order valence-electron chi connectivity index (χ0n) is 23.8. The molecule has 0 aliphatic rings. The minimum absolute atomic E-state index is 0.147. The molecule has 43 heavy (non-hydrogen) atoms. The van der Waals surface area contributed by atoms with Gasteiger partial charge in [-0.3, -0.25) is 9.72 Å². The van der Waals surface area contributed by atoms with Crippen molar-refractivity contribution in [3.63, 3.8) is 0 Å². The maximum absolute atomic E-state index is 13.0. The van der Waals surface area contributed by atoms with E-state index < -0.39 is 5.97 Å². The Morgan fingerprint density at radius 3 is 2.35 bits per heavy atom. The molecule has 0 saturated carbocycles. The summed E-state index contributed by atoms with van der Waals surface area (Å²) in [4.78, 5) is 31.4. The Kier molecular flexibility index (Phi) is 7.32. The third-order valence-corrected chi connectivity index (χ3v) is 8.72. The lowest BCUT2D eigenvalue weighted by Crippen LogP contribution is -2.21. The summed E-state index contributed by atoms with van der Waals surface area (Å²) in [6.07, 6.45) is 1.38. The summed E-state index contributed by atoms with van der Waals surface area (Å²) >= 11 is 3.02. The van der Waals surface area contributed by atoms with Crippen molar-refractivity contribution < 1.29 is 19.4 Å². The first-order chi connectivity index (χ1) is 20.6. The number of ether oxygens (including phenoxy) is 1. The molecular weight excluding hydrogens is 585 g/mol. The van der Waals surface area contributed by atoms with Crippen molar-refractivity contribution in [3.8, 4) is 11.4 Å². The van der Waals surface area contributed by atoms with Crippen LogP contribution < -0.4 is 15.4 Å². The monoisotopic (exact) mass is 612 g/mol. The summed E-state index contributed by atoms with van der Waals surface area (Å²) in [5.41, 5.74) is 3.03. The van der Waals surface area contributed by atoms with Gasteiger partial charge in [0.25, 0.3) is 0 Å². The van der Waals surface area contributed by atoms with Crippen molar-refractivity contribution in [1.29, 1.82) is 0 Å². The lowest BCUT2D eigenvalue weighted by Gasteiger charge is -2.14. The number of carboxylic acid groups (broad SMARTS) is 1. The van der Waals surface area contributed by atoms with Gasteiger partial charge in [-0.25, -0.2) is 19.3 Å². The van der Waals surface area contributed by atoms with Gasteiger partial charge < -0.3 is 15.2 Å². The number of methoxy groups -OCH3 is 1. The van der Waals surface area contributed by atoms with Gasteiger partial charge in [-0.05, 0) is 66.7 Å². The Balaban J connectivity index is 1.15. The van der Waals surface area contributed by atoms with E-state index in [0.29, 0.717) is 16.5 Å². The number of carboxylic acids is 1. The molecule has 0 radical (unpaired) electrons. The first-order valence-corrected chi connectivity index (χ1v) is 15.0. The SMILES string of the molecule is COc1ccc(-n2nc(C(C)(C)C)cc2NC(=O)Nc2ccc(Sc3ccc4c(c3)sc3ncc(C(=O)O)n34)cc2)cc1. The second-order valence-electron chi connectivity index (χ2n) is 10.8. The molecule has 3 heterocycles. The van der Waals surface area contributed by atoms with E-state index >= 15 is 0 Å². The smallest absolute Gasteiger partial charge is 0.354 e. The van der Waals surface area contributed by atoms with E-state index in [9.17, 15) is 14.7 Å². The summed E-state index contributed by atoms with van der Waals surface area (Å²) in [5, 5.41) is 20.1. The maximum Gasteiger partial charge on any atom is 0.354 e. The van der Waals surface area contributed by atoms with E-state index in [1.54, 1.807) is 28.0 Å². The van der Waals surface area contributed by atoms with Gasteiger partial charge >= 0.3 is 12.0 Å². The fraction of sp³-hybridized carbons (Fsp3) is 0.161. The number of hydrogen-bond acceptors (Lipinski definition) is 7. The molecular formula is C31H28N6O4S2. The molecule has 0 bridgehead atoms. The summed E-state index contributed by atoms with van der Waals surface area (Å²) < 4.78 is 9.60. The molecule has 3 aromatic carbocycles. The molecule has 12 heteroatoms. The molecule has 0 unspecified atom stereocenters. The van der Waals surface area contributed by atoms with Crippen LogP contribution >= 0.6 is 23.1 Å². The van der Waals surface area contributed by atoms with Gasteiger partial charge in [0.2, 0.25) is 0 Å².